The zero-order chi connectivity index (χ0) is 14.1. The Bertz CT molecular complexity index is 597. The number of halogens is 1. The minimum Gasteiger partial charge on any atom is -0.508 e. The Morgan fingerprint density at radius 3 is 2.29 bits per heavy atom. The van der Waals surface area contributed by atoms with Gasteiger partial charge in [0.2, 0.25) is 0 Å². The van der Waals surface area contributed by atoms with Gasteiger partial charge in [0.1, 0.15) is 29.2 Å². The molecular weight excluding hydrogens is 294 g/mol. The van der Waals surface area contributed by atoms with Crippen LogP contribution in [0, 0.1) is 0 Å². The molecule has 0 radical (unpaired) electrons. The Labute approximate surface area is 128 Å². The van der Waals surface area contributed by atoms with Crippen molar-refractivity contribution >= 4 is 18.1 Å². The molecule has 3 rings (SSSR count). The Hall–Kier alpha value is -2.11. The number of nitrogens with zero attached hydrogens (tertiary/aromatic N) is 1. The van der Waals surface area contributed by atoms with E-state index in [2.05, 4.69) is 0 Å². The third-order valence-corrected chi connectivity index (χ3v) is 3.19. The number of benzene rings is 2. The van der Waals surface area contributed by atoms with E-state index in [-0.39, 0.29) is 35.9 Å². The number of aromatic hydroxyl groups is 3. The van der Waals surface area contributed by atoms with E-state index in [1.54, 1.807) is 4.90 Å². The van der Waals surface area contributed by atoms with Gasteiger partial charge in [0.25, 0.3) is 0 Å². The molecule has 3 N–H and O–H groups in total. The van der Waals surface area contributed by atoms with E-state index >= 15 is 0 Å². The van der Waals surface area contributed by atoms with Gasteiger partial charge in [-0.15, -0.1) is 12.4 Å². The highest BCUT2D eigenvalue weighted by atomic mass is 35.5. The fourth-order valence-corrected chi connectivity index (χ4v) is 2.15. The fourth-order valence-electron chi connectivity index (χ4n) is 2.15. The lowest BCUT2D eigenvalue weighted by molar-refractivity contribution is 0.109. The minimum atomic E-state index is -0.174. The molecule has 1 aliphatic heterocycles. The van der Waals surface area contributed by atoms with Crippen molar-refractivity contribution in [2.75, 3.05) is 11.4 Å². The highest BCUT2D eigenvalue weighted by Crippen LogP contribution is 2.44. The molecule has 2 aromatic rings. The third-order valence-electron chi connectivity index (χ3n) is 3.19. The summed E-state index contributed by atoms with van der Waals surface area (Å²) in [7, 11) is 0. The summed E-state index contributed by atoms with van der Waals surface area (Å²) in [5, 5.41) is 28.8. The maximum atomic E-state index is 9.77. The summed E-state index contributed by atoms with van der Waals surface area (Å²) in [5.74, 6) is -0.492. The average Bonchev–Trinajstić information content (AvgIpc) is 3.16. The summed E-state index contributed by atoms with van der Waals surface area (Å²) in [5.41, 5.74) is 1.36. The largest absolute Gasteiger partial charge is 0.508 e. The van der Waals surface area contributed by atoms with Crippen molar-refractivity contribution < 1.29 is 20.1 Å². The molecule has 21 heavy (non-hydrogen) atoms. The van der Waals surface area contributed by atoms with Crippen molar-refractivity contribution in [2.45, 2.75) is 12.8 Å². The Morgan fingerprint density at radius 1 is 1.05 bits per heavy atom. The molecule has 1 aliphatic rings. The first-order valence-electron chi connectivity index (χ1n) is 6.32. The smallest absolute Gasteiger partial charge is 0.148 e. The van der Waals surface area contributed by atoms with Gasteiger partial charge in [0.05, 0.1) is 13.2 Å². The predicted molar refractivity (Wildman–Crippen MR) is 81.0 cm³/mol. The topological polar surface area (TPSA) is 72.9 Å². The van der Waals surface area contributed by atoms with E-state index < -0.39 is 0 Å². The Kier molecular flexibility index (Phi) is 4.45. The van der Waals surface area contributed by atoms with Gasteiger partial charge in [-0.2, -0.15) is 0 Å². The quantitative estimate of drug-likeness (QED) is 0.757. The van der Waals surface area contributed by atoms with Crippen LogP contribution in [0.25, 0.3) is 0 Å². The molecule has 0 amide bonds. The Balaban J connectivity index is 0.00000161. The van der Waals surface area contributed by atoms with Crippen molar-refractivity contribution in [2.24, 2.45) is 0 Å². The third kappa shape index (κ3) is 3.32. The van der Waals surface area contributed by atoms with Crippen molar-refractivity contribution in [1.82, 2.24) is 0 Å². The van der Waals surface area contributed by atoms with Crippen molar-refractivity contribution in [1.29, 1.82) is 0 Å². The first-order valence-corrected chi connectivity index (χ1v) is 6.32. The van der Waals surface area contributed by atoms with Crippen LogP contribution in [-0.4, -0.2) is 28.1 Å². The summed E-state index contributed by atoms with van der Waals surface area (Å²) < 4.78 is 5.69. The van der Waals surface area contributed by atoms with Crippen LogP contribution < -0.4 is 4.90 Å². The molecule has 0 bridgehead atoms. The first kappa shape index (κ1) is 15.3. The predicted octanol–water partition coefficient (Wildman–Crippen LogP) is 2.59. The van der Waals surface area contributed by atoms with Gasteiger partial charge in [-0.1, -0.05) is 30.3 Å². The average molecular weight is 310 g/mol. The number of hydrogen-bond donors (Lipinski definition) is 3. The van der Waals surface area contributed by atoms with Gasteiger partial charge in [-0.25, -0.2) is 0 Å². The molecule has 1 unspecified atom stereocenters. The molecule has 1 fully saturated rings. The molecule has 0 spiro atoms. The molecule has 1 atom stereocenters. The fraction of sp³-hybridized carbons (Fsp3) is 0.200. The molecule has 0 aromatic heterocycles. The second-order valence-electron chi connectivity index (χ2n) is 4.74. The number of hydrogen-bond acceptors (Lipinski definition) is 5. The number of rotatable bonds is 4. The van der Waals surface area contributed by atoms with E-state index in [4.69, 9.17) is 4.74 Å². The van der Waals surface area contributed by atoms with Crippen LogP contribution in [0.5, 0.6) is 17.2 Å². The van der Waals surface area contributed by atoms with Gasteiger partial charge < -0.3 is 25.0 Å². The van der Waals surface area contributed by atoms with Crippen LogP contribution in [0.15, 0.2) is 42.5 Å². The minimum absolute atomic E-state index is 0. The number of anilines is 1. The summed E-state index contributed by atoms with van der Waals surface area (Å²) >= 11 is 0. The van der Waals surface area contributed by atoms with E-state index in [1.165, 1.54) is 12.1 Å². The van der Waals surface area contributed by atoms with Crippen LogP contribution in [0.3, 0.4) is 0 Å². The number of ether oxygens (including phenoxy) is 1. The van der Waals surface area contributed by atoms with Crippen molar-refractivity contribution in [3.63, 3.8) is 0 Å². The van der Waals surface area contributed by atoms with Crippen LogP contribution in [0.4, 0.5) is 5.69 Å². The molecule has 5 nitrogen and oxygen atoms in total. The lowest BCUT2D eigenvalue weighted by atomic mass is 10.2. The molecular formula is C15H16ClNO4. The molecule has 1 saturated heterocycles. The monoisotopic (exact) mass is 309 g/mol. The van der Waals surface area contributed by atoms with Crippen LogP contribution in [-0.2, 0) is 11.3 Å². The van der Waals surface area contributed by atoms with E-state index in [0.717, 1.165) is 5.56 Å². The van der Waals surface area contributed by atoms with Crippen molar-refractivity contribution in [3.8, 4) is 17.2 Å². The van der Waals surface area contributed by atoms with Crippen LogP contribution in [0.2, 0.25) is 0 Å². The normalized spacial score (nSPS) is 16.4. The summed E-state index contributed by atoms with van der Waals surface area (Å²) in [6, 6.07) is 12.2. The summed E-state index contributed by atoms with van der Waals surface area (Å²) in [6.45, 7) is 1.07. The van der Waals surface area contributed by atoms with E-state index in [1.807, 2.05) is 30.3 Å². The number of phenolic OH excluding ortho intramolecular Hbond substituents is 3. The molecule has 1 heterocycles. The van der Waals surface area contributed by atoms with Gasteiger partial charge in [0.15, 0.2) is 0 Å². The summed E-state index contributed by atoms with van der Waals surface area (Å²) in [6.07, 6.45) is -0.170. The number of phenols is 3. The standard InChI is InChI=1S/C15H15NO4.ClH/c17-11-6-12(18)15(13(19)7-11)16-8-14(16)20-9-10-4-2-1-3-5-10;/h1-7,14,17-19H,8-9H2;1H. The SMILES string of the molecule is Cl.Oc1cc(O)c(N2CC2OCc2ccccc2)c(O)c1. The zero-order valence-electron chi connectivity index (χ0n) is 11.1. The Morgan fingerprint density at radius 2 is 1.67 bits per heavy atom. The van der Waals surface area contributed by atoms with Crippen LogP contribution in [0.1, 0.15) is 5.56 Å². The van der Waals surface area contributed by atoms with Crippen LogP contribution >= 0.6 is 12.4 Å². The van der Waals surface area contributed by atoms with Gasteiger partial charge in [-0.05, 0) is 5.56 Å². The van der Waals surface area contributed by atoms with Gasteiger partial charge in [-0.3, -0.25) is 0 Å². The lowest BCUT2D eigenvalue weighted by Gasteiger charge is -2.11. The van der Waals surface area contributed by atoms with Gasteiger partial charge >= 0.3 is 0 Å². The van der Waals surface area contributed by atoms with E-state index in [9.17, 15) is 15.3 Å². The molecule has 112 valence electrons. The highest BCUT2D eigenvalue weighted by molar-refractivity contribution is 5.85. The maximum absolute atomic E-state index is 9.77. The zero-order valence-corrected chi connectivity index (χ0v) is 12.0. The maximum Gasteiger partial charge on any atom is 0.148 e. The van der Waals surface area contributed by atoms with Gasteiger partial charge in [0, 0.05) is 12.1 Å². The molecule has 0 saturated carbocycles. The van der Waals surface area contributed by atoms with E-state index in [0.29, 0.717) is 18.8 Å². The second-order valence-corrected chi connectivity index (χ2v) is 4.74. The molecule has 2 aromatic carbocycles. The summed E-state index contributed by atoms with van der Waals surface area (Å²) in [4.78, 5) is 1.73. The highest BCUT2D eigenvalue weighted by Gasteiger charge is 2.38. The van der Waals surface area contributed by atoms with Crippen molar-refractivity contribution in [3.05, 3.63) is 48.0 Å². The second kappa shape index (κ2) is 6.11. The first-order chi connectivity index (χ1) is 9.65. The molecule has 0 aliphatic carbocycles. The molecule has 6 heteroatoms. The lowest BCUT2D eigenvalue weighted by Crippen LogP contribution is -2.04.